The molecule has 2 saturated carbocycles. The average Bonchev–Trinajstić information content (AvgIpc) is 2.50. The standard InChI is InChI=1S/C15H27NO2/c1-16(11-13-7-6-8-13)12-15(14(17)18)9-4-2-3-5-10-15/h13H,2-12H2,1H3,(H,17,18). The third-order valence-electron chi connectivity index (χ3n) is 4.88. The largest absolute Gasteiger partial charge is 0.481 e. The fourth-order valence-electron chi connectivity index (χ4n) is 3.54. The van der Waals surface area contributed by atoms with Crippen LogP contribution in [0.25, 0.3) is 0 Å². The van der Waals surface area contributed by atoms with Crippen molar-refractivity contribution in [3.63, 3.8) is 0 Å². The molecule has 0 bridgehead atoms. The van der Waals surface area contributed by atoms with Crippen LogP contribution < -0.4 is 0 Å². The van der Waals surface area contributed by atoms with E-state index >= 15 is 0 Å². The van der Waals surface area contributed by atoms with Gasteiger partial charge in [0, 0.05) is 13.1 Å². The Labute approximate surface area is 111 Å². The highest BCUT2D eigenvalue weighted by Crippen LogP contribution is 2.37. The number of hydrogen-bond acceptors (Lipinski definition) is 2. The van der Waals surface area contributed by atoms with E-state index in [9.17, 15) is 9.90 Å². The first-order valence-electron chi connectivity index (χ1n) is 7.54. The van der Waals surface area contributed by atoms with Crippen LogP contribution in [0.3, 0.4) is 0 Å². The maximum absolute atomic E-state index is 11.7. The number of carbonyl (C=O) groups is 1. The molecule has 0 heterocycles. The molecule has 0 aromatic carbocycles. The second-order valence-electron chi connectivity index (χ2n) is 6.49. The Morgan fingerprint density at radius 2 is 1.78 bits per heavy atom. The second-order valence-corrected chi connectivity index (χ2v) is 6.49. The first kappa shape index (κ1) is 13.9. The van der Waals surface area contributed by atoms with Gasteiger partial charge in [0.15, 0.2) is 0 Å². The van der Waals surface area contributed by atoms with Gasteiger partial charge in [-0.2, -0.15) is 0 Å². The third-order valence-corrected chi connectivity index (χ3v) is 4.88. The van der Waals surface area contributed by atoms with Crippen LogP contribution in [0.2, 0.25) is 0 Å². The molecule has 0 amide bonds. The number of carboxylic acids is 1. The molecular weight excluding hydrogens is 226 g/mol. The Bertz CT molecular complexity index is 278. The Morgan fingerprint density at radius 1 is 1.17 bits per heavy atom. The average molecular weight is 253 g/mol. The molecule has 0 aromatic rings. The van der Waals surface area contributed by atoms with E-state index in [1.807, 2.05) is 0 Å². The highest BCUT2D eigenvalue weighted by atomic mass is 16.4. The van der Waals surface area contributed by atoms with Gasteiger partial charge in [-0.25, -0.2) is 0 Å². The van der Waals surface area contributed by atoms with Crippen LogP contribution >= 0.6 is 0 Å². The van der Waals surface area contributed by atoms with Gasteiger partial charge in [0.05, 0.1) is 5.41 Å². The van der Waals surface area contributed by atoms with E-state index in [0.29, 0.717) is 0 Å². The van der Waals surface area contributed by atoms with E-state index in [1.54, 1.807) is 0 Å². The number of nitrogens with zero attached hydrogens (tertiary/aromatic N) is 1. The molecule has 0 aliphatic heterocycles. The predicted molar refractivity (Wildman–Crippen MR) is 72.6 cm³/mol. The van der Waals surface area contributed by atoms with Gasteiger partial charge in [-0.3, -0.25) is 4.79 Å². The summed E-state index contributed by atoms with van der Waals surface area (Å²) in [7, 11) is 2.11. The maximum atomic E-state index is 11.7. The highest BCUT2D eigenvalue weighted by Gasteiger charge is 2.39. The highest BCUT2D eigenvalue weighted by molar-refractivity contribution is 5.75. The van der Waals surface area contributed by atoms with Gasteiger partial charge in [0.2, 0.25) is 0 Å². The molecular formula is C15H27NO2. The molecule has 3 heteroatoms. The van der Waals surface area contributed by atoms with Crippen molar-refractivity contribution in [2.45, 2.75) is 57.8 Å². The van der Waals surface area contributed by atoms with Crippen LogP contribution in [0.1, 0.15) is 57.8 Å². The van der Waals surface area contributed by atoms with Crippen molar-refractivity contribution >= 4 is 5.97 Å². The molecule has 2 aliphatic carbocycles. The van der Waals surface area contributed by atoms with Crippen molar-refractivity contribution in [1.82, 2.24) is 4.90 Å². The van der Waals surface area contributed by atoms with Gasteiger partial charge in [-0.05, 0) is 38.6 Å². The summed E-state index contributed by atoms with van der Waals surface area (Å²) in [5.74, 6) is 0.261. The minimum absolute atomic E-state index is 0.463. The van der Waals surface area contributed by atoms with E-state index in [1.165, 1.54) is 32.1 Å². The maximum Gasteiger partial charge on any atom is 0.310 e. The lowest BCUT2D eigenvalue weighted by Gasteiger charge is -2.36. The molecule has 104 valence electrons. The summed E-state index contributed by atoms with van der Waals surface area (Å²) in [5.41, 5.74) is -0.463. The molecule has 2 rings (SSSR count). The number of hydrogen-bond donors (Lipinski definition) is 1. The van der Waals surface area contributed by atoms with Crippen LogP contribution in [0, 0.1) is 11.3 Å². The lowest BCUT2D eigenvalue weighted by molar-refractivity contribution is -0.151. The van der Waals surface area contributed by atoms with Crippen molar-refractivity contribution in [3.05, 3.63) is 0 Å². The van der Waals surface area contributed by atoms with E-state index in [-0.39, 0.29) is 0 Å². The minimum Gasteiger partial charge on any atom is -0.481 e. The fourth-order valence-corrected chi connectivity index (χ4v) is 3.54. The second kappa shape index (κ2) is 6.05. The van der Waals surface area contributed by atoms with Gasteiger partial charge in [0.25, 0.3) is 0 Å². The van der Waals surface area contributed by atoms with Crippen LogP contribution in [0.4, 0.5) is 0 Å². The topological polar surface area (TPSA) is 40.5 Å². The zero-order chi connectivity index (χ0) is 13.0. The van der Waals surface area contributed by atoms with Gasteiger partial charge >= 0.3 is 5.97 Å². The Kier molecular flexibility index (Phi) is 4.66. The van der Waals surface area contributed by atoms with Crippen molar-refractivity contribution in [3.8, 4) is 0 Å². The lowest BCUT2D eigenvalue weighted by Crippen LogP contribution is -2.43. The van der Waals surface area contributed by atoms with Gasteiger partial charge in [0.1, 0.15) is 0 Å². The molecule has 18 heavy (non-hydrogen) atoms. The van der Waals surface area contributed by atoms with Crippen molar-refractivity contribution in [1.29, 1.82) is 0 Å². The first-order chi connectivity index (χ1) is 8.62. The third kappa shape index (κ3) is 3.25. The minimum atomic E-state index is -0.565. The summed E-state index contributed by atoms with van der Waals surface area (Å²) >= 11 is 0. The summed E-state index contributed by atoms with van der Waals surface area (Å²) in [4.78, 5) is 14.0. The van der Waals surface area contributed by atoms with E-state index in [4.69, 9.17) is 0 Å². The molecule has 0 saturated heterocycles. The van der Waals surface area contributed by atoms with Crippen LogP contribution in [0.5, 0.6) is 0 Å². The molecule has 0 spiro atoms. The van der Waals surface area contributed by atoms with Gasteiger partial charge < -0.3 is 10.0 Å². The first-order valence-corrected chi connectivity index (χ1v) is 7.54. The van der Waals surface area contributed by atoms with Gasteiger partial charge in [-0.15, -0.1) is 0 Å². The zero-order valence-electron chi connectivity index (χ0n) is 11.7. The molecule has 0 radical (unpaired) electrons. The Hall–Kier alpha value is -0.570. The Morgan fingerprint density at radius 3 is 2.22 bits per heavy atom. The fraction of sp³-hybridized carbons (Fsp3) is 0.933. The predicted octanol–water partition coefficient (Wildman–Crippen LogP) is 3.14. The van der Waals surface area contributed by atoms with Gasteiger partial charge in [-0.1, -0.05) is 32.1 Å². The zero-order valence-corrected chi connectivity index (χ0v) is 11.7. The SMILES string of the molecule is CN(CC1CCC1)CC1(C(=O)O)CCCCCC1. The lowest BCUT2D eigenvalue weighted by atomic mass is 9.79. The molecule has 2 aliphatic rings. The summed E-state index contributed by atoms with van der Waals surface area (Å²) < 4.78 is 0. The van der Waals surface area contributed by atoms with E-state index < -0.39 is 11.4 Å². The molecule has 0 unspecified atom stereocenters. The monoisotopic (exact) mass is 253 g/mol. The van der Waals surface area contributed by atoms with Crippen molar-refractivity contribution in [2.75, 3.05) is 20.1 Å². The normalized spacial score (nSPS) is 24.6. The number of carboxylic acid groups (broad SMARTS) is 1. The summed E-state index contributed by atoms with van der Waals surface area (Å²) in [6.45, 7) is 1.84. The van der Waals surface area contributed by atoms with E-state index in [0.717, 1.165) is 44.7 Å². The van der Waals surface area contributed by atoms with E-state index in [2.05, 4.69) is 11.9 Å². The summed E-state index contributed by atoms with van der Waals surface area (Å²) in [5, 5.41) is 9.64. The van der Waals surface area contributed by atoms with Crippen LogP contribution in [-0.2, 0) is 4.79 Å². The summed E-state index contributed by atoms with van der Waals surface area (Å²) in [6.07, 6.45) is 10.4. The quantitative estimate of drug-likeness (QED) is 0.765. The molecule has 1 N–H and O–H groups in total. The molecule has 0 atom stereocenters. The molecule has 0 aromatic heterocycles. The Balaban J connectivity index is 1.93. The summed E-state index contributed by atoms with van der Waals surface area (Å²) in [6, 6.07) is 0. The number of rotatable bonds is 5. The van der Waals surface area contributed by atoms with Crippen LogP contribution in [-0.4, -0.2) is 36.1 Å². The van der Waals surface area contributed by atoms with Crippen molar-refractivity contribution < 1.29 is 9.90 Å². The molecule has 2 fully saturated rings. The molecule has 3 nitrogen and oxygen atoms in total. The number of aliphatic carboxylic acids is 1. The smallest absolute Gasteiger partial charge is 0.310 e. The van der Waals surface area contributed by atoms with Crippen LogP contribution in [0.15, 0.2) is 0 Å². The van der Waals surface area contributed by atoms with Crippen molar-refractivity contribution in [2.24, 2.45) is 11.3 Å².